The predicted octanol–water partition coefficient (Wildman–Crippen LogP) is 6.87. The summed E-state index contributed by atoms with van der Waals surface area (Å²) in [4.78, 5) is 11.6. The second-order valence-corrected chi connectivity index (χ2v) is 8.98. The second-order valence-electron chi connectivity index (χ2n) is 8.98. The van der Waals surface area contributed by atoms with E-state index in [-0.39, 0.29) is 5.97 Å². The monoisotopic (exact) mass is 483 g/mol. The van der Waals surface area contributed by atoms with Crippen LogP contribution in [0.1, 0.15) is 54.7 Å². The van der Waals surface area contributed by atoms with Crippen molar-refractivity contribution >= 4 is 5.97 Å². The Balaban J connectivity index is 1.40. The van der Waals surface area contributed by atoms with Crippen molar-refractivity contribution in [1.29, 1.82) is 0 Å². The Bertz CT molecular complexity index is 1240. The fourth-order valence-electron chi connectivity index (χ4n) is 4.42. The molecule has 0 saturated carbocycles. The molecule has 1 unspecified atom stereocenters. The number of carbonyl (C=O) groups excluding carboxylic acids is 1. The van der Waals surface area contributed by atoms with Gasteiger partial charge in [0.15, 0.2) is 5.76 Å². The first kappa shape index (κ1) is 25.4. The number of aromatic nitrogens is 1. The summed E-state index contributed by atoms with van der Waals surface area (Å²) in [5.41, 5.74) is 6.93. The lowest BCUT2D eigenvalue weighted by atomic mass is 9.96. The third-order valence-electron chi connectivity index (χ3n) is 6.38. The number of ether oxygens (including phenoxy) is 1. The van der Waals surface area contributed by atoms with Crippen molar-refractivity contribution in [3.05, 3.63) is 101 Å². The van der Waals surface area contributed by atoms with E-state index in [1.165, 1.54) is 5.56 Å². The van der Waals surface area contributed by atoms with Crippen molar-refractivity contribution in [3.8, 4) is 22.5 Å². The molecule has 4 rings (SSSR count). The van der Waals surface area contributed by atoms with Gasteiger partial charge in [-0.3, -0.25) is 4.79 Å². The molecule has 36 heavy (non-hydrogen) atoms. The van der Waals surface area contributed by atoms with Crippen LogP contribution in [0.3, 0.4) is 0 Å². The quantitative estimate of drug-likeness (QED) is 0.236. The number of benzene rings is 3. The summed E-state index contributed by atoms with van der Waals surface area (Å²) in [5.74, 6) is 0.459. The minimum absolute atomic E-state index is 0.166. The van der Waals surface area contributed by atoms with Crippen molar-refractivity contribution in [1.82, 2.24) is 5.16 Å². The molecule has 1 N–H and O–H groups in total. The predicted molar refractivity (Wildman–Crippen MR) is 141 cm³/mol. The van der Waals surface area contributed by atoms with Crippen LogP contribution in [-0.4, -0.2) is 22.8 Å². The lowest BCUT2D eigenvalue weighted by Crippen LogP contribution is -2.05. The van der Waals surface area contributed by atoms with E-state index in [0.717, 1.165) is 46.4 Å². The summed E-state index contributed by atoms with van der Waals surface area (Å²) in [6, 6.07) is 26.6. The topological polar surface area (TPSA) is 72.6 Å². The van der Waals surface area contributed by atoms with E-state index in [1.54, 1.807) is 0 Å². The summed E-state index contributed by atoms with van der Waals surface area (Å²) in [6.45, 7) is 4.11. The second kappa shape index (κ2) is 12.3. The zero-order chi connectivity index (χ0) is 25.3. The number of aryl methyl sites for hydroxylation is 3. The highest BCUT2D eigenvalue weighted by Gasteiger charge is 2.22. The van der Waals surface area contributed by atoms with Crippen LogP contribution in [0, 0.1) is 6.92 Å². The Labute approximate surface area is 212 Å². The first-order valence-corrected chi connectivity index (χ1v) is 12.6. The van der Waals surface area contributed by atoms with Crippen LogP contribution in [0.25, 0.3) is 22.5 Å². The summed E-state index contributed by atoms with van der Waals surface area (Å²) >= 11 is 0. The van der Waals surface area contributed by atoms with Crippen LogP contribution in [0.15, 0.2) is 83.4 Å². The van der Waals surface area contributed by atoms with Crippen molar-refractivity contribution in [2.24, 2.45) is 0 Å². The molecule has 0 bridgehead atoms. The lowest BCUT2D eigenvalue weighted by molar-refractivity contribution is -0.143. The van der Waals surface area contributed by atoms with E-state index in [0.29, 0.717) is 31.6 Å². The molecular weight excluding hydrogens is 450 g/mol. The summed E-state index contributed by atoms with van der Waals surface area (Å²) in [5, 5.41) is 15.1. The lowest BCUT2D eigenvalue weighted by Gasteiger charge is -2.12. The number of carbonyl (C=O) groups is 1. The third-order valence-corrected chi connectivity index (χ3v) is 6.38. The zero-order valence-corrected chi connectivity index (χ0v) is 20.9. The van der Waals surface area contributed by atoms with Gasteiger partial charge in [-0.2, -0.15) is 0 Å². The average molecular weight is 484 g/mol. The molecule has 0 spiro atoms. The van der Waals surface area contributed by atoms with Crippen LogP contribution >= 0.6 is 0 Å². The molecule has 0 fully saturated rings. The van der Waals surface area contributed by atoms with Gasteiger partial charge in [-0.25, -0.2) is 0 Å². The van der Waals surface area contributed by atoms with E-state index in [9.17, 15) is 9.90 Å². The molecule has 5 heteroatoms. The Morgan fingerprint density at radius 1 is 0.889 bits per heavy atom. The maximum atomic E-state index is 11.6. The van der Waals surface area contributed by atoms with E-state index in [4.69, 9.17) is 9.26 Å². The molecule has 5 nitrogen and oxygen atoms in total. The van der Waals surface area contributed by atoms with Crippen molar-refractivity contribution < 1.29 is 19.2 Å². The van der Waals surface area contributed by atoms with E-state index in [1.807, 2.05) is 68.4 Å². The molecule has 1 heterocycles. The zero-order valence-electron chi connectivity index (χ0n) is 20.9. The SMILES string of the molecule is CCOC(=O)CCc1ccc(-c2ccc(-c3onc(C)c3C(O)CCCc3ccccc3)cc2)cc1. The van der Waals surface area contributed by atoms with Crippen LogP contribution in [-0.2, 0) is 22.4 Å². The molecule has 0 aliphatic rings. The summed E-state index contributed by atoms with van der Waals surface area (Å²) in [7, 11) is 0. The number of aliphatic hydroxyl groups is 1. The number of hydrogen-bond donors (Lipinski definition) is 1. The largest absolute Gasteiger partial charge is 0.466 e. The molecule has 0 saturated heterocycles. The maximum Gasteiger partial charge on any atom is 0.306 e. The molecule has 0 radical (unpaired) electrons. The third kappa shape index (κ3) is 6.49. The number of rotatable bonds is 11. The van der Waals surface area contributed by atoms with Gasteiger partial charge in [-0.1, -0.05) is 84.0 Å². The number of hydrogen-bond acceptors (Lipinski definition) is 5. The van der Waals surface area contributed by atoms with Crippen molar-refractivity contribution in [2.75, 3.05) is 6.61 Å². The normalized spacial score (nSPS) is 11.9. The molecule has 0 aliphatic carbocycles. The standard InChI is InChI=1S/C31H33NO4/c1-3-35-29(34)21-14-24-12-15-25(16-13-24)26-17-19-27(20-18-26)31-30(22(2)32-36-31)28(33)11-7-10-23-8-5-4-6-9-23/h4-6,8-9,12-13,15-20,28,33H,3,7,10-11,14,21H2,1-2H3. The number of esters is 1. The van der Waals surface area contributed by atoms with Gasteiger partial charge in [0.25, 0.3) is 0 Å². The fraction of sp³-hybridized carbons (Fsp3) is 0.290. The van der Waals surface area contributed by atoms with E-state index >= 15 is 0 Å². The first-order chi connectivity index (χ1) is 17.5. The Hall–Kier alpha value is -3.70. The summed E-state index contributed by atoms with van der Waals surface area (Å²) < 4.78 is 10.6. The highest BCUT2D eigenvalue weighted by molar-refractivity contribution is 5.71. The maximum absolute atomic E-state index is 11.6. The van der Waals surface area contributed by atoms with E-state index < -0.39 is 6.10 Å². The minimum Gasteiger partial charge on any atom is -0.466 e. The minimum atomic E-state index is -0.628. The Kier molecular flexibility index (Phi) is 8.69. The van der Waals surface area contributed by atoms with Crippen molar-refractivity contribution in [2.45, 2.75) is 52.1 Å². The molecule has 1 atom stereocenters. The van der Waals surface area contributed by atoms with Crippen LogP contribution in [0.5, 0.6) is 0 Å². The van der Waals surface area contributed by atoms with Crippen LogP contribution in [0.2, 0.25) is 0 Å². The van der Waals surface area contributed by atoms with E-state index in [2.05, 4.69) is 29.4 Å². The summed E-state index contributed by atoms with van der Waals surface area (Å²) in [6.07, 6.45) is 2.87. The molecule has 3 aromatic carbocycles. The van der Waals surface area contributed by atoms with Crippen LogP contribution in [0.4, 0.5) is 0 Å². The van der Waals surface area contributed by atoms with Gasteiger partial charge in [0.05, 0.1) is 24.0 Å². The molecule has 0 aliphatic heterocycles. The average Bonchev–Trinajstić information content (AvgIpc) is 3.30. The number of aliphatic hydroxyl groups excluding tert-OH is 1. The highest BCUT2D eigenvalue weighted by atomic mass is 16.5. The van der Waals surface area contributed by atoms with Gasteiger partial charge in [0, 0.05) is 12.0 Å². The molecule has 1 aromatic heterocycles. The van der Waals surface area contributed by atoms with Gasteiger partial charge >= 0.3 is 5.97 Å². The fourth-order valence-corrected chi connectivity index (χ4v) is 4.42. The first-order valence-electron chi connectivity index (χ1n) is 12.6. The Morgan fingerprint density at radius 2 is 1.50 bits per heavy atom. The molecule has 4 aromatic rings. The van der Waals surface area contributed by atoms with Gasteiger partial charge in [-0.05, 0) is 61.8 Å². The Morgan fingerprint density at radius 3 is 2.17 bits per heavy atom. The molecule has 0 amide bonds. The van der Waals surface area contributed by atoms with Gasteiger partial charge in [0.1, 0.15) is 0 Å². The van der Waals surface area contributed by atoms with Gasteiger partial charge in [-0.15, -0.1) is 0 Å². The smallest absolute Gasteiger partial charge is 0.306 e. The number of nitrogens with zero attached hydrogens (tertiary/aromatic N) is 1. The highest BCUT2D eigenvalue weighted by Crippen LogP contribution is 2.34. The van der Waals surface area contributed by atoms with Gasteiger partial charge < -0.3 is 14.4 Å². The van der Waals surface area contributed by atoms with Gasteiger partial charge in [0.2, 0.25) is 0 Å². The molecular formula is C31H33NO4. The van der Waals surface area contributed by atoms with Crippen LogP contribution < -0.4 is 0 Å². The van der Waals surface area contributed by atoms with Crippen molar-refractivity contribution in [3.63, 3.8) is 0 Å². The molecule has 186 valence electrons.